The summed E-state index contributed by atoms with van der Waals surface area (Å²) in [5.41, 5.74) is 1.42. The summed E-state index contributed by atoms with van der Waals surface area (Å²) in [4.78, 5) is 12.7. The molecule has 0 aliphatic rings. The highest BCUT2D eigenvalue weighted by atomic mass is 127. The first kappa shape index (κ1) is 37.9. The molecule has 0 N–H and O–H groups in total. The van der Waals surface area contributed by atoms with Gasteiger partial charge in [-0.3, -0.25) is 0 Å². The van der Waals surface area contributed by atoms with Crippen molar-refractivity contribution in [3.05, 3.63) is 99.5 Å². The van der Waals surface area contributed by atoms with Gasteiger partial charge in [0.15, 0.2) is 0 Å². The van der Waals surface area contributed by atoms with E-state index in [2.05, 4.69) is 111 Å². The van der Waals surface area contributed by atoms with Crippen LogP contribution in [0.15, 0.2) is 86.9 Å². The Kier molecular flexibility index (Phi) is 15.4. The van der Waals surface area contributed by atoms with E-state index in [1.165, 1.54) is 17.5 Å². The zero-order chi connectivity index (χ0) is 33.6. The van der Waals surface area contributed by atoms with Crippen LogP contribution in [-0.4, -0.2) is 61.7 Å². The van der Waals surface area contributed by atoms with Crippen molar-refractivity contribution in [3.8, 4) is 0 Å². The topological polar surface area (TPSA) is 76.4 Å². The van der Waals surface area contributed by atoms with Crippen molar-refractivity contribution in [3.63, 3.8) is 0 Å². The number of furan rings is 1. The Labute approximate surface area is 289 Å². The van der Waals surface area contributed by atoms with E-state index < -0.39 is 14.3 Å². The molecule has 1 heterocycles. The van der Waals surface area contributed by atoms with Gasteiger partial charge in [-0.25, -0.2) is 4.79 Å². The Hall–Kier alpha value is -2.54. The summed E-state index contributed by atoms with van der Waals surface area (Å²) in [5, 5.41) is 2.40. The lowest BCUT2D eigenvalue weighted by molar-refractivity contribution is -0.0677. The van der Waals surface area contributed by atoms with Crippen LogP contribution in [0.5, 0.6) is 0 Å². The molecule has 7 nitrogen and oxygen atoms in total. The highest BCUT2D eigenvalue weighted by Gasteiger charge is 2.50. The van der Waals surface area contributed by atoms with Gasteiger partial charge in [-0.1, -0.05) is 93.6 Å². The highest BCUT2D eigenvalue weighted by Crippen LogP contribution is 2.37. The summed E-state index contributed by atoms with van der Waals surface area (Å²) >= 11 is 2.33. The van der Waals surface area contributed by atoms with E-state index in [4.69, 9.17) is 27.8 Å². The molecule has 0 bridgehead atoms. The molecule has 0 saturated carbocycles. The first-order valence-electron chi connectivity index (χ1n) is 15.7. The number of esters is 1. The molecule has 0 saturated heterocycles. The minimum absolute atomic E-state index is 0.0595. The number of hydrogen-bond donors (Lipinski definition) is 0. The molecule has 0 aliphatic heterocycles. The molecule has 0 fully saturated rings. The first-order valence-corrected chi connectivity index (χ1v) is 18.6. The van der Waals surface area contributed by atoms with E-state index in [0.717, 1.165) is 9.15 Å². The third-order valence-corrected chi connectivity index (χ3v) is 13.8. The van der Waals surface area contributed by atoms with Gasteiger partial charge in [-0.15, -0.1) is 0 Å². The fourth-order valence-corrected chi connectivity index (χ4v) is 10.6. The molecule has 0 aliphatic carbocycles. The van der Waals surface area contributed by atoms with Crippen LogP contribution >= 0.6 is 22.6 Å². The summed E-state index contributed by atoms with van der Waals surface area (Å²) in [5.74, 6) is 0.819. The van der Waals surface area contributed by atoms with E-state index in [-0.39, 0.29) is 17.7 Å². The van der Waals surface area contributed by atoms with E-state index in [0.29, 0.717) is 62.8 Å². The summed E-state index contributed by atoms with van der Waals surface area (Å²) in [6.07, 6.45) is 3.90. The van der Waals surface area contributed by atoms with Gasteiger partial charge in [0.05, 0.1) is 26.9 Å². The van der Waals surface area contributed by atoms with Gasteiger partial charge >= 0.3 is 5.97 Å². The molecule has 3 aromatic rings. The summed E-state index contributed by atoms with van der Waals surface area (Å²) in [6.45, 7) is 15.2. The number of carbonyl (C=O) groups is 1. The van der Waals surface area contributed by atoms with Gasteiger partial charge < -0.3 is 27.8 Å². The quantitative estimate of drug-likeness (QED) is 0.0312. The highest BCUT2D eigenvalue weighted by molar-refractivity contribution is 14.1. The molecule has 9 heteroatoms. The van der Waals surface area contributed by atoms with Crippen LogP contribution in [0.25, 0.3) is 6.08 Å². The SMILES string of the molecule is C=C(C)C(CCOCOCCOC)Cc1oc(/C=C(\I)CCO[Si](c2ccccc2)(c2ccccc2)C(C)(C)C)cc1C(=O)OC. The monoisotopic (exact) mass is 760 g/mol. The molecule has 46 heavy (non-hydrogen) atoms. The Morgan fingerprint density at radius 3 is 2.11 bits per heavy atom. The van der Waals surface area contributed by atoms with Crippen LogP contribution in [0.1, 0.15) is 62.4 Å². The van der Waals surface area contributed by atoms with Crippen molar-refractivity contribution in [2.24, 2.45) is 5.92 Å². The second kappa shape index (κ2) is 18.7. The molecular formula is C37H49IO7Si. The van der Waals surface area contributed by atoms with Gasteiger partial charge in [-0.05, 0) is 73.0 Å². The average Bonchev–Trinajstić information content (AvgIpc) is 3.43. The van der Waals surface area contributed by atoms with Crippen LogP contribution in [0, 0.1) is 5.92 Å². The number of methoxy groups -OCH3 is 2. The third kappa shape index (κ3) is 10.5. The molecule has 250 valence electrons. The van der Waals surface area contributed by atoms with Crippen molar-refractivity contribution >= 4 is 53.3 Å². The number of benzene rings is 2. The molecule has 1 aromatic heterocycles. The van der Waals surface area contributed by atoms with E-state index in [1.807, 2.05) is 13.0 Å². The minimum atomic E-state index is -2.63. The van der Waals surface area contributed by atoms with E-state index in [1.54, 1.807) is 13.2 Å². The number of halogens is 1. The summed E-state index contributed by atoms with van der Waals surface area (Å²) < 4.78 is 35.5. The van der Waals surface area contributed by atoms with Crippen LogP contribution in [0.4, 0.5) is 0 Å². The van der Waals surface area contributed by atoms with Crippen molar-refractivity contribution in [2.45, 2.75) is 52.0 Å². The minimum Gasteiger partial charge on any atom is -0.465 e. The molecule has 0 amide bonds. The van der Waals surface area contributed by atoms with Gasteiger partial charge in [0, 0.05) is 26.6 Å². The molecule has 1 unspecified atom stereocenters. The Morgan fingerprint density at radius 1 is 0.957 bits per heavy atom. The van der Waals surface area contributed by atoms with Crippen molar-refractivity contribution in [1.82, 2.24) is 0 Å². The zero-order valence-electron chi connectivity index (χ0n) is 28.1. The molecule has 0 spiro atoms. The lowest BCUT2D eigenvalue weighted by atomic mass is 9.92. The van der Waals surface area contributed by atoms with E-state index in [9.17, 15) is 4.79 Å². The van der Waals surface area contributed by atoms with Crippen molar-refractivity contribution in [2.75, 3.05) is 47.4 Å². The van der Waals surface area contributed by atoms with Gasteiger partial charge in [0.25, 0.3) is 8.32 Å². The maximum atomic E-state index is 12.7. The Morgan fingerprint density at radius 2 is 1.57 bits per heavy atom. The molecule has 1 atom stereocenters. The standard InChI is InChI=1S/C37H49IO7Si/c1-28(2)29(18-20-42-27-43-23-22-40-6)24-35-34(36(39)41-7)26-31(45-35)25-30(38)19-21-44-46(37(3,4)5,32-14-10-8-11-15-32)33-16-12-9-13-17-33/h8-17,25-26,29H,1,18-24,27H2,2-7H3/b30-25-. The lowest BCUT2D eigenvalue weighted by Gasteiger charge is -2.43. The van der Waals surface area contributed by atoms with Crippen molar-refractivity contribution < 1.29 is 32.6 Å². The summed E-state index contributed by atoms with van der Waals surface area (Å²) in [7, 11) is 0.383. The summed E-state index contributed by atoms with van der Waals surface area (Å²) in [6, 6.07) is 23.0. The van der Waals surface area contributed by atoms with Crippen LogP contribution < -0.4 is 10.4 Å². The molecular weight excluding hydrogens is 711 g/mol. The number of ether oxygens (including phenoxy) is 4. The van der Waals surface area contributed by atoms with Crippen molar-refractivity contribution in [1.29, 1.82) is 0 Å². The number of allylic oxidation sites excluding steroid dienone is 1. The number of rotatable bonds is 19. The van der Waals surface area contributed by atoms with Gasteiger partial charge in [0.1, 0.15) is 23.9 Å². The molecule has 0 radical (unpaired) electrons. The van der Waals surface area contributed by atoms with Crippen LogP contribution in [0.3, 0.4) is 0 Å². The predicted octanol–water partition coefficient (Wildman–Crippen LogP) is 7.57. The first-order chi connectivity index (χ1) is 22.0. The largest absolute Gasteiger partial charge is 0.465 e. The fraction of sp³-hybridized carbons (Fsp3) is 0.432. The Balaban J connectivity index is 1.76. The van der Waals surface area contributed by atoms with Crippen LogP contribution in [-0.2, 0) is 29.8 Å². The van der Waals surface area contributed by atoms with Crippen LogP contribution in [0.2, 0.25) is 5.04 Å². The maximum Gasteiger partial charge on any atom is 0.341 e. The number of hydrogen-bond acceptors (Lipinski definition) is 7. The number of carbonyl (C=O) groups excluding carboxylic acids is 1. The Bertz CT molecular complexity index is 1360. The molecule has 3 rings (SSSR count). The maximum absolute atomic E-state index is 12.7. The van der Waals surface area contributed by atoms with Gasteiger partial charge in [0.2, 0.25) is 0 Å². The normalized spacial score (nSPS) is 13.1. The third-order valence-electron chi connectivity index (χ3n) is 7.95. The zero-order valence-corrected chi connectivity index (χ0v) is 31.3. The lowest BCUT2D eigenvalue weighted by Crippen LogP contribution is -2.66. The second-order valence-electron chi connectivity index (χ2n) is 12.3. The van der Waals surface area contributed by atoms with E-state index >= 15 is 0 Å². The smallest absolute Gasteiger partial charge is 0.341 e. The van der Waals surface area contributed by atoms with Gasteiger partial charge in [-0.2, -0.15) is 0 Å². The second-order valence-corrected chi connectivity index (χ2v) is 18.0. The fourth-order valence-electron chi connectivity index (χ4n) is 5.54. The predicted molar refractivity (Wildman–Crippen MR) is 196 cm³/mol. The average molecular weight is 761 g/mol. The molecule has 2 aromatic carbocycles.